The van der Waals surface area contributed by atoms with Crippen molar-refractivity contribution in [3.05, 3.63) is 96.6 Å². The second-order valence-corrected chi connectivity index (χ2v) is 17.2. The van der Waals surface area contributed by atoms with Crippen LogP contribution in [-0.2, 0) is 14.0 Å². The third-order valence-electron chi connectivity index (χ3n) is 9.16. The molecule has 0 radical (unpaired) electrons. The maximum Gasteiger partial charge on any atom is 0.414 e. The van der Waals surface area contributed by atoms with Crippen molar-refractivity contribution in [2.24, 2.45) is 17.8 Å². The number of carbonyl (C=O) groups is 2. The molecule has 3 aromatic rings. The molecule has 0 aromatic heterocycles. The van der Waals surface area contributed by atoms with Gasteiger partial charge in [-0.2, -0.15) is 0 Å². The first-order valence-electron chi connectivity index (χ1n) is 15.0. The van der Waals surface area contributed by atoms with Gasteiger partial charge in [0, 0.05) is 19.2 Å². The summed E-state index contributed by atoms with van der Waals surface area (Å²) in [5, 5.41) is 5.36. The van der Waals surface area contributed by atoms with Crippen LogP contribution < -0.4 is 20.6 Å². The van der Waals surface area contributed by atoms with E-state index in [9.17, 15) is 9.59 Å². The molecule has 6 nitrogen and oxygen atoms in total. The Morgan fingerprint density at radius 3 is 2.12 bits per heavy atom. The lowest BCUT2D eigenvalue weighted by Gasteiger charge is -2.43. The van der Waals surface area contributed by atoms with Gasteiger partial charge < -0.3 is 14.5 Å². The molecule has 4 atom stereocenters. The fourth-order valence-corrected chi connectivity index (χ4v) is 11.5. The van der Waals surface area contributed by atoms with Gasteiger partial charge in [-0.25, -0.2) is 4.79 Å². The van der Waals surface area contributed by atoms with Crippen LogP contribution in [0, 0.1) is 17.8 Å². The van der Waals surface area contributed by atoms with Crippen LogP contribution in [0.15, 0.2) is 91.0 Å². The zero-order valence-electron chi connectivity index (χ0n) is 24.9. The minimum Gasteiger partial charge on any atom is -0.442 e. The smallest absolute Gasteiger partial charge is 0.414 e. The van der Waals surface area contributed by atoms with Crippen molar-refractivity contribution in [1.82, 2.24) is 5.32 Å². The molecular formula is C35H40N2O4Si. The van der Waals surface area contributed by atoms with Gasteiger partial charge in [0.1, 0.15) is 6.10 Å². The van der Waals surface area contributed by atoms with Crippen molar-refractivity contribution in [3.63, 3.8) is 0 Å². The highest BCUT2D eigenvalue weighted by Gasteiger charge is 2.56. The van der Waals surface area contributed by atoms with Gasteiger partial charge in [-0.15, -0.1) is 0 Å². The van der Waals surface area contributed by atoms with Gasteiger partial charge in [-0.05, 0) is 62.9 Å². The van der Waals surface area contributed by atoms with Crippen LogP contribution in [0.25, 0.3) is 5.57 Å². The van der Waals surface area contributed by atoms with Gasteiger partial charge in [-0.1, -0.05) is 99.6 Å². The minimum absolute atomic E-state index is 0.0197. The number of amides is 2. The second-order valence-electron chi connectivity index (χ2n) is 12.9. The third kappa shape index (κ3) is 5.32. The molecule has 1 saturated carbocycles. The van der Waals surface area contributed by atoms with E-state index in [0.717, 1.165) is 18.7 Å². The van der Waals surface area contributed by atoms with E-state index < -0.39 is 8.32 Å². The number of hydrogen-bond acceptors (Lipinski definition) is 4. The summed E-state index contributed by atoms with van der Waals surface area (Å²) in [7, 11) is -2.53. The first kappa shape index (κ1) is 28.4. The summed E-state index contributed by atoms with van der Waals surface area (Å²) >= 11 is 0. The number of carbonyl (C=O) groups excluding carboxylic acids is 2. The predicted molar refractivity (Wildman–Crippen MR) is 169 cm³/mol. The molecule has 3 unspecified atom stereocenters. The molecule has 2 fully saturated rings. The van der Waals surface area contributed by atoms with E-state index in [0.29, 0.717) is 30.8 Å². The Balaban J connectivity index is 1.13. The maximum atomic E-state index is 12.4. The number of rotatable bonds is 9. The van der Waals surface area contributed by atoms with Crippen LogP contribution in [0.5, 0.6) is 0 Å². The molecular weight excluding hydrogens is 540 g/mol. The Kier molecular flexibility index (Phi) is 7.58. The Morgan fingerprint density at radius 2 is 1.60 bits per heavy atom. The van der Waals surface area contributed by atoms with Crippen molar-refractivity contribution in [2.75, 3.05) is 24.6 Å². The average Bonchev–Trinajstić information content (AvgIpc) is 3.27. The highest BCUT2D eigenvalue weighted by atomic mass is 28.4. The summed E-state index contributed by atoms with van der Waals surface area (Å²) in [6.45, 7) is 9.99. The fourth-order valence-electron chi connectivity index (χ4n) is 6.95. The molecule has 6 rings (SSSR count). The summed E-state index contributed by atoms with van der Waals surface area (Å²) in [4.78, 5) is 25.2. The average molecular weight is 581 g/mol. The number of allylic oxidation sites excluding steroid dienone is 2. The van der Waals surface area contributed by atoms with E-state index in [4.69, 9.17) is 9.16 Å². The van der Waals surface area contributed by atoms with E-state index in [1.165, 1.54) is 28.4 Å². The first-order chi connectivity index (χ1) is 20.2. The standard InChI is InChI=1S/C35H40N2O4Si/c1-24(38)36-21-28-22-37(34(39)41-28)27-17-15-25(16-18-27)26-19-31-32(20-26)33(31)23-40-42(35(2,3)4,29-11-7-5-8-12-29)30-13-9-6-10-14-30/h5-19,28,31-33H,20-23H2,1-4H3,(H,36,38)/t28-,31?,32?,33?/m0/s1. The van der Waals surface area contributed by atoms with E-state index in [1.54, 1.807) is 4.90 Å². The lowest BCUT2D eigenvalue weighted by Crippen LogP contribution is -2.66. The number of fused-ring (bicyclic) bond motifs is 1. The summed E-state index contributed by atoms with van der Waals surface area (Å²) in [6.07, 6.45) is 2.80. The van der Waals surface area contributed by atoms with Crippen LogP contribution >= 0.6 is 0 Å². The van der Waals surface area contributed by atoms with Crippen molar-refractivity contribution in [1.29, 1.82) is 0 Å². The summed E-state index contributed by atoms with van der Waals surface area (Å²) < 4.78 is 12.6. The first-order valence-corrected chi connectivity index (χ1v) is 16.9. The van der Waals surface area contributed by atoms with Crippen LogP contribution in [-0.4, -0.2) is 46.1 Å². The molecule has 2 amide bonds. The number of hydrogen-bond donors (Lipinski definition) is 1. The number of anilines is 1. The third-order valence-corrected chi connectivity index (χ3v) is 14.2. The normalized spacial score (nSPS) is 23.3. The Hall–Kier alpha value is -3.68. The molecule has 0 spiro atoms. The number of nitrogens with zero attached hydrogens (tertiary/aromatic N) is 1. The zero-order valence-corrected chi connectivity index (χ0v) is 25.9. The van der Waals surface area contributed by atoms with Crippen molar-refractivity contribution in [3.8, 4) is 0 Å². The van der Waals surface area contributed by atoms with E-state index in [-0.39, 0.29) is 23.1 Å². The van der Waals surface area contributed by atoms with Gasteiger partial charge >= 0.3 is 6.09 Å². The van der Waals surface area contributed by atoms with E-state index in [1.807, 2.05) is 12.1 Å². The SMILES string of the molecule is CC(=O)NC[C@H]1CN(c2ccc(C3=CC4C(CO[Si](c5ccccc5)(c5ccccc5)C(C)(C)C)C4C3)cc2)C(=O)O1. The van der Waals surface area contributed by atoms with Gasteiger partial charge in [0.05, 0.1) is 13.1 Å². The van der Waals surface area contributed by atoms with Crippen LogP contribution in [0.1, 0.15) is 39.7 Å². The number of nitrogens with one attached hydrogen (secondary N) is 1. The molecule has 218 valence electrons. The molecule has 1 aliphatic heterocycles. The number of benzene rings is 3. The lowest BCUT2D eigenvalue weighted by molar-refractivity contribution is -0.119. The molecule has 7 heteroatoms. The zero-order chi connectivity index (χ0) is 29.5. The molecule has 1 heterocycles. The van der Waals surface area contributed by atoms with Crippen molar-refractivity contribution < 1.29 is 18.8 Å². The van der Waals surface area contributed by atoms with E-state index >= 15 is 0 Å². The molecule has 1 N–H and O–H groups in total. The van der Waals surface area contributed by atoms with E-state index in [2.05, 4.69) is 105 Å². The van der Waals surface area contributed by atoms with Crippen molar-refractivity contribution >= 4 is 42.0 Å². The Morgan fingerprint density at radius 1 is 0.976 bits per heavy atom. The van der Waals surface area contributed by atoms with Gasteiger partial charge in [0.15, 0.2) is 0 Å². The maximum absolute atomic E-state index is 12.4. The lowest BCUT2D eigenvalue weighted by atomic mass is 10.0. The highest BCUT2D eigenvalue weighted by Crippen LogP contribution is 2.58. The molecule has 3 aromatic carbocycles. The number of cyclic esters (lactones) is 1. The molecule has 42 heavy (non-hydrogen) atoms. The van der Waals surface area contributed by atoms with Crippen LogP contribution in [0.2, 0.25) is 5.04 Å². The monoisotopic (exact) mass is 580 g/mol. The van der Waals surface area contributed by atoms with Crippen LogP contribution in [0.4, 0.5) is 10.5 Å². The largest absolute Gasteiger partial charge is 0.442 e. The van der Waals surface area contributed by atoms with Crippen LogP contribution in [0.3, 0.4) is 0 Å². The molecule has 1 saturated heterocycles. The van der Waals surface area contributed by atoms with Gasteiger partial charge in [0.2, 0.25) is 5.91 Å². The molecule has 3 aliphatic rings. The predicted octanol–water partition coefficient (Wildman–Crippen LogP) is 5.37. The minimum atomic E-state index is -2.53. The molecule has 2 aliphatic carbocycles. The molecule has 0 bridgehead atoms. The summed E-state index contributed by atoms with van der Waals surface area (Å²) in [5.74, 6) is 1.60. The topological polar surface area (TPSA) is 67.9 Å². The van der Waals surface area contributed by atoms with Gasteiger partial charge in [-0.3, -0.25) is 9.69 Å². The highest BCUT2D eigenvalue weighted by molar-refractivity contribution is 6.99. The summed E-state index contributed by atoms with van der Waals surface area (Å²) in [6, 6.07) is 29.9. The van der Waals surface area contributed by atoms with Gasteiger partial charge in [0.25, 0.3) is 8.32 Å². The fraction of sp³-hybridized carbons (Fsp3) is 0.371. The number of ether oxygens (including phenoxy) is 1. The van der Waals surface area contributed by atoms with Crippen molar-refractivity contribution in [2.45, 2.75) is 45.3 Å². The Labute approximate surface area is 249 Å². The Bertz CT molecular complexity index is 1430. The second kappa shape index (κ2) is 11.2. The quantitative estimate of drug-likeness (QED) is 0.346. The summed E-state index contributed by atoms with van der Waals surface area (Å²) in [5.41, 5.74) is 3.40.